The molecule has 0 saturated carbocycles. The van der Waals surface area contributed by atoms with E-state index in [4.69, 9.17) is 4.42 Å². The summed E-state index contributed by atoms with van der Waals surface area (Å²) in [5.74, 6) is 1.35. The van der Waals surface area contributed by atoms with Crippen molar-refractivity contribution >= 4 is 27.9 Å². The van der Waals surface area contributed by atoms with Crippen molar-refractivity contribution in [1.82, 2.24) is 14.9 Å². The molecule has 5 rings (SSSR count). The molecule has 0 aliphatic carbocycles. The number of amides is 1. The van der Waals surface area contributed by atoms with E-state index in [2.05, 4.69) is 22.1 Å². The smallest absolute Gasteiger partial charge is 0.222 e. The Balaban J connectivity index is 1.19. The number of likely N-dealkylation sites (tertiary alicyclic amines) is 1. The SMILES string of the molecule is O=C(CCc1c[nH]c2ccccc12)N1CCC(c2nc3ccccc3o2)CC1. The first-order chi connectivity index (χ1) is 13.8. The fourth-order valence-electron chi connectivity index (χ4n) is 4.18. The Kier molecular flexibility index (Phi) is 4.35. The molecule has 28 heavy (non-hydrogen) atoms. The number of nitrogens with one attached hydrogen (secondary N) is 1. The first kappa shape index (κ1) is 17.0. The van der Waals surface area contributed by atoms with Gasteiger partial charge in [0.2, 0.25) is 5.91 Å². The summed E-state index contributed by atoms with van der Waals surface area (Å²) in [7, 11) is 0. The molecule has 142 valence electrons. The van der Waals surface area contributed by atoms with Crippen molar-refractivity contribution < 1.29 is 9.21 Å². The van der Waals surface area contributed by atoms with Crippen LogP contribution in [0.2, 0.25) is 0 Å². The number of hydrogen-bond acceptors (Lipinski definition) is 3. The van der Waals surface area contributed by atoms with Crippen molar-refractivity contribution in [2.45, 2.75) is 31.6 Å². The van der Waals surface area contributed by atoms with Crippen molar-refractivity contribution in [2.75, 3.05) is 13.1 Å². The molecule has 0 spiro atoms. The number of oxazole rings is 1. The number of aromatic amines is 1. The number of fused-ring (bicyclic) bond motifs is 2. The van der Waals surface area contributed by atoms with E-state index in [1.54, 1.807) is 0 Å². The van der Waals surface area contributed by atoms with Crippen LogP contribution in [0.25, 0.3) is 22.0 Å². The molecule has 1 N–H and O–H groups in total. The van der Waals surface area contributed by atoms with E-state index in [1.807, 2.05) is 47.5 Å². The molecule has 2 aromatic heterocycles. The van der Waals surface area contributed by atoms with Gasteiger partial charge in [0.15, 0.2) is 11.5 Å². The zero-order valence-electron chi connectivity index (χ0n) is 15.7. The van der Waals surface area contributed by atoms with Gasteiger partial charge in [-0.2, -0.15) is 0 Å². The quantitative estimate of drug-likeness (QED) is 0.566. The lowest BCUT2D eigenvalue weighted by Gasteiger charge is -2.30. The number of aryl methyl sites for hydroxylation is 1. The molecule has 1 saturated heterocycles. The second-order valence-electron chi connectivity index (χ2n) is 7.53. The Labute approximate surface area is 163 Å². The van der Waals surface area contributed by atoms with Crippen LogP contribution >= 0.6 is 0 Å². The largest absolute Gasteiger partial charge is 0.440 e. The second kappa shape index (κ2) is 7.15. The summed E-state index contributed by atoms with van der Waals surface area (Å²) < 4.78 is 5.92. The maximum atomic E-state index is 12.7. The molecule has 3 heterocycles. The topological polar surface area (TPSA) is 62.1 Å². The van der Waals surface area contributed by atoms with Crippen LogP contribution in [-0.4, -0.2) is 33.9 Å². The van der Waals surface area contributed by atoms with Crippen molar-refractivity contribution in [3.63, 3.8) is 0 Å². The highest BCUT2D eigenvalue weighted by atomic mass is 16.3. The number of H-pyrrole nitrogens is 1. The van der Waals surface area contributed by atoms with E-state index < -0.39 is 0 Å². The molecule has 0 atom stereocenters. The Bertz CT molecular complexity index is 1090. The number of rotatable bonds is 4. The van der Waals surface area contributed by atoms with Crippen LogP contribution in [0.4, 0.5) is 0 Å². The van der Waals surface area contributed by atoms with Crippen LogP contribution < -0.4 is 0 Å². The van der Waals surface area contributed by atoms with Gasteiger partial charge in [0.1, 0.15) is 5.52 Å². The first-order valence-electron chi connectivity index (χ1n) is 9.96. The number of benzene rings is 2. The summed E-state index contributed by atoms with van der Waals surface area (Å²) in [6.45, 7) is 1.55. The highest BCUT2D eigenvalue weighted by Gasteiger charge is 2.26. The van der Waals surface area contributed by atoms with E-state index in [1.165, 1.54) is 10.9 Å². The molecule has 0 unspecified atom stereocenters. The molecule has 1 amide bonds. The van der Waals surface area contributed by atoms with Gasteiger partial charge in [0, 0.05) is 42.5 Å². The molecule has 1 aliphatic rings. The maximum Gasteiger partial charge on any atom is 0.222 e. The third kappa shape index (κ3) is 3.17. The van der Waals surface area contributed by atoms with E-state index >= 15 is 0 Å². The number of hydrogen-bond donors (Lipinski definition) is 1. The van der Waals surface area contributed by atoms with Gasteiger partial charge in [-0.3, -0.25) is 4.79 Å². The minimum Gasteiger partial charge on any atom is -0.440 e. The van der Waals surface area contributed by atoms with Crippen molar-refractivity contribution in [3.05, 3.63) is 66.2 Å². The summed E-state index contributed by atoms with van der Waals surface area (Å²) in [4.78, 5) is 22.6. The van der Waals surface area contributed by atoms with E-state index in [0.717, 1.165) is 54.9 Å². The minimum absolute atomic E-state index is 0.237. The van der Waals surface area contributed by atoms with Crippen molar-refractivity contribution in [1.29, 1.82) is 0 Å². The number of carbonyl (C=O) groups is 1. The molecular formula is C23H23N3O2. The van der Waals surface area contributed by atoms with Crippen molar-refractivity contribution in [3.8, 4) is 0 Å². The lowest BCUT2D eigenvalue weighted by atomic mass is 9.96. The highest BCUT2D eigenvalue weighted by Crippen LogP contribution is 2.30. The molecule has 2 aromatic carbocycles. The number of carbonyl (C=O) groups excluding carboxylic acids is 1. The van der Waals surface area contributed by atoms with Crippen LogP contribution in [0, 0.1) is 0 Å². The third-order valence-electron chi connectivity index (χ3n) is 5.79. The molecule has 4 aromatic rings. The minimum atomic E-state index is 0.237. The maximum absolute atomic E-state index is 12.7. The van der Waals surface area contributed by atoms with Crippen LogP contribution in [0.15, 0.2) is 59.1 Å². The monoisotopic (exact) mass is 373 g/mol. The standard InChI is InChI=1S/C23H23N3O2/c27-22(10-9-17-15-24-19-6-2-1-5-18(17)19)26-13-11-16(12-14-26)23-25-20-7-3-4-8-21(20)28-23/h1-8,15-16,24H,9-14H2. The number of piperidine rings is 1. The van der Waals surface area contributed by atoms with E-state index in [-0.39, 0.29) is 5.91 Å². The molecule has 1 aliphatic heterocycles. The Morgan fingerprint density at radius 1 is 1.11 bits per heavy atom. The van der Waals surface area contributed by atoms with Crippen LogP contribution in [-0.2, 0) is 11.2 Å². The van der Waals surface area contributed by atoms with Gasteiger partial charge in [-0.05, 0) is 43.0 Å². The van der Waals surface area contributed by atoms with Crippen molar-refractivity contribution in [2.24, 2.45) is 0 Å². The number of nitrogens with zero attached hydrogens (tertiary/aromatic N) is 2. The molecular weight excluding hydrogens is 350 g/mol. The number of aromatic nitrogens is 2. The summed E-state index contributed by atoms with van der Waals surface area (Å²) >= 11 is 0. The fourth-order valence-corrected chi connectivity index (χ4v) is 4.18. The molecule has 5 heteroatoms. The molecule has 0 bridgehead atoms. The van der Waals surface area contributed by atoms with E-state index in [9.17, 15) is 4.79 Å². The highest BCUT2D eigenvalue weighted by molar-refractivity contribution is 5.84. The third-order valence-corrected chi connectivity index (χ3v) is 5.79. The normalized spacial score (nSPS) is 15.5. The summed E-state index contributed by atoms with van der Waals surface area (Å²) in [6.07, 6.45) is 5.16. The van der Waals surface area contributed by atoms with E-state index in [0.29, 0.717) is 12.3 Å². The van der Waals surface area contributed by atoms with Gasteiger partial charge in [-0.25, -0.2) is 4.98 Å². The predicted molar refractivity (Wildman–Crippen MR) is 109 cm³/mol. The summed E-state index contributed by atoms with van der Waals surface area (Å²) in [5.41, 5.74) is 4.10. The summed E-state index contributed by atoms with van der Waals surface area (Å²) in [6, 6.07) is 16.1. The zero-order valence-corrected chi connectivity index (χ0v) is 15.7. The lowest BCUT2D eigenvalue weighted by Crippen LogP contribution is -2.38. The zero-order chi connectivity index (χ0) is 18.9. The molecule has 1 fully saturated rings. The Hall–Kier alpha value is -3.08. The van der Waals surface area contributed by atoms with Gasteiger partial charge in [-0.1, -0.05) is 30.3 Å². The number of para-hydroxylation sites is 3. The second-order valence-corrected chi connectivity index (χ2v) is 7.53. The Morgan fingerprint density at radius 3 is 2.75 bits per heavy atom. The lowest BCUT2D eigenvalue weighted by molar-refractivity contribution is -0.132. The fraction of sp³-hybridized carbons (Fsp3) is 0.304. The van der Waals surface area contributed by atoms with Crippen LogP contribution in [0.3, 0.4) is 0 Å². The summed E-state index contributed by atoms with van der Waals surface area (Å²) in [5, 5.41) is 1.21. The molecule has 0 radical (unpaired) electrons. The Morgan fingerprint density at radius 2 is 1.89 bits per heavy atom. The van der Waals surface area contributed by atoms with Gasteiger partial charge < -0.3 is 14.3 Å². The van der Waals surface area contributed by atoms with Crippen LogP contribution in [0.1, 0.15) is 36.6 Å². The van der Waals surface area contributed by atoms with Crippen LogP contribution in [0.5, 0.6) is 0 Å². The average Bonchev–Trinajstić information content (AvgIpc) is 3.36. The predicted octanol–water partition coefficient (Wildman–Crippen LogP) is 4.65. The first-order valence-corrected chi connectivity index (χ1v) is 9.96. The van der Waals surface area contributed by atoms with Gasteiger partial charge >= 0.3 is 0 Å². The van der Waals surface area contributed by atoms with Gasteiger partial charge in [0.05, 0.1) is 0 Å². The average molecular weight is 373 g/mol. The van der Waals surface area contributed by atoms with Gasteiger partial charge in [0.25, 0.3) is 0 Å². The van der Waals surface area contributed by atoms with Gasteiger partial charge in [-0.15, -0.1) is 0 Å². The molecule has 5 nitrogen and oxygen atoms in total.